The van der Waals surface area contributed by atoms with Crippen LogP contribution in [0, 0.1) is 6.92 Å². The van der Waals surface area contributed by atoms with E-state index in [0.29, 0.717) is 5.56 Å². The number of amides is 1. The molecule has 0 aliphatic rings. The Kier molecular flexibility index (Phi) is 5.05. The number of aryl methyl sites for hydroxylation is 1. The van der Waals surface area contributed by atoms with E-state index in [1.807, 2.05) is 0 Å². The van der Waals surface area contributed by atoms with Crippen molar-refractivity contribution in [1.82, 2.24) is 15.3 Å². The molecule has 1 heterocycles. The van der Waals surface area contributed by atoms with Crippen molar-refractivity contribution < 1.29 is 27.9 Å². The molecule has 0 saturated carbocycles. The van der Waals surface area contributed by atoms with Gasteiger partial charge in [-0.15, -0.1) is 0 Å². The minimum atomic E-state index is -4.75. The first-order valence-corrected chi connectivity index (χ1v) is 7.15. The molecule has 132 valence electrons. The number of aromatic nitrogens is 2. The zero-order valence-corrected chi connectivity index (χ0v) is 13.3. The van der Waals surface area contributed by atoms with Gasteiger partial charge in [0.1, 0.15) is 5.69 Å². The van der Waals surface area contributed by atoms with E-state index in [1.54, 1.807) is 6.92 Å². The fourth-order valence-electron chi connectivity index (χ4n) is 2.08. The second-order valence-electron chi connectivity index (χ2n) is 5.34. The highest BCUT2D eigenvalue weighted by atomic mass is 19.4. The highest BCUT2D eigenvalue weighted by Crippen LogP contribution is 2.26. The van der Waals surface area contributed by atoms with E-state index < -0.39 is 35.6 Å². The largest absolute Gasteiger partial charge is 0.478 e. The molecule has 9 heteroatoms. The molecule has 1 atom stereocenters. The summed E-state index contributed by atoms with van der Waals surface area (Å²) >= 11 is 0. The number of hydrogen-bond donors (Lipinski definition) is 2. The van der Waals surface area contributed by atoms with Gasteiger partial charge in [0.25, 0.3) is 5.91 Å². The van der Waals surface area contributed by atoms with Crippen LogP contribution in [0.1, 0.15) is 50.9 Å². The van der Waals surface area contributed by atoms with Crippen molar-refractivity contribution in [3.63, 3.8) is 0 Å². The first-order chi connectivity index (χ1) is 11.6. The molecule has 0 spiro atoms. The molecule has 0 fully saturated rings. The van der Waals surface area contributed by atoms with Gasteiger partial charge in [0, 0.05) is 5.69 Å². The lowest BCUT2D eigenvalue weighted by atomic mass is 10.1. The smallest absolute Gasteiger partial charge is 0.451 e. The van der Waals surface area contributed by atoms with Crippen LogP contribution in [0.5, 0.6) is 0 Å². The molecule has 0 saturated heterocycles. The zero-order chi connectivity index (χ0) is 18.8. The number of carboxylic acid groups (broad SMARTS) is 1. The van der Waals surface area contributed by atoms with Crippen LogP contribution in [-0.4, -0.2) is 27.0 Å². The van der Waals surface area contributed by atoms with Gasteiger partial charge in [0.15, 0.2) is 0 Å². The van der Waals surface area contributed by atoms with E-state index in [1.165, 1.54) is 31.2 Å². The van der Waals surface area contributed by atoms with Gasteiger partial charge in [0.05, 0.1) is 11.6 Å². The Hall–Kier alpha value is -2.97. The van der Waals surface area contributed by atoms with Crippen LogP contribution in [0.3, 0.4) is 0 Å². The van der Waals surface area contributed by atoms with Crippen LogP contribution in [0.15, 0.2) is 30.3 Å². The molecule has 1 aromatic heterocycles. The van der Waals surface area contributed by atoms with Crippen LogP contribution in [0.25, 0.3) is 0 Å². The maximum absolute atomic E-state index is 12.7. The van der Waals surface area contributed by atoms with Gasteiger partial charge in [-0.1, -0.05) is 12.1 Å². The van der Waals surface area contributed by atoms with Crippen molar-refractivity contribution in [3.05, 3.63) is 58.7 Å². The van der Waals surface area contributed by atoms with Gasteiger partial charge in [-0.05, 0) is 37.6 Å². The number of carbonyl (C=O) groups is 2. The molecular weight excluding hydrogens is 339 g/mol. The van der Waals surface area contributed by atoms with Crippen molar-refractivity contribution in [2.75, 3.05) is 0 Å². The average Bonchev–Trinajstić information content (AvgIpc) is 2.53. The standard InChI is InChI=1S/C16H14F3N3O3/c1-8-7-12(22-15(20-8)16(17,18)19)13(23)21-9(2)10-3-5-11(6-4-10)14(24)25/h3-7,9H,1-2H3,(H,21,23)(H,24,25)/t9-/m1/s1. The molecule has 0 unspecified atom stereocenters. The second-order valence-corrected chi connectivity index (χ2v) is 5.34. The van der Waals surface area contributed by atoms with E-state index in [4.69, 9.17) is 5.11 Å². The molecule has 2 N–H and O–H groups in total. The van der Waals surface area contributed by atoms with Gasteiger partial charge in [0.2, 0.25) is 5.82 Å². The Morgan fingerprint density at radius 2 is 1.76 bits per heavy atom. The second kappa shape index (κ2) is 6.88. The Balaban J connectivity index is 2.18. The Morgan fingerprint density at radius 1 is 1.16 bits per heavy atom. The van der Waals surface area contributed by atoms with E-state index in [0.717, 1.165) is 6.07 Å². The summed E-state index contributed by atoms with van der Waals surface area (Å²) in [5.41, 5.74) is 0.309. The molecule has 0 aliphatic carbocycles. The first kappa shape index (κ1) is 18.4. The van der Waals surface area contributed by atoms with Gasteiger partial charge < -0.3 is 10.4 Å². The lowest BCUT2D eigenvalue weighted by molar-refractivity contribution is -0.145. The lowest BCUT2D eigenvalue weighted by Crippen LogP contribution is -2.28. The lowest BCUT2D eigenvalue weighted by Gasteiger charge is -2.15. The van der Waals surface area contributed by atoms with E-state index >= 15 is 0 Å². The van der Waals surface area contributed by atoms with Crippen LogP contribution in [0.2, 0.25) is 0 Å². The molecule has 6 nitrogen and oxygen atoms in total. The summed E-state index contributed by atoms with van der Waals surface area (Å²) in [6, 6.07) is 6.38. The predicted molar refractivity (Wildman–Crippen MR) is 81.1 cm³/mol. The number of benzene rings is 1. The first-order valence-electron chi connectivity index (χ1n) is 7.15. The molecule has 2 rings (SSSR count). The Bertz CT molecular complexity index is 805. The third-order valence-corrected chi connectivity index (χ3v) is 3.35. The number of carbonyl (C=O) groups excluding carboxylic acids is 1. The number of halogens is 3. The van der Waals surface area contributed by atoms with Crippen molar-refractivity contribution in [2.45, 2.75) is 26.1 Å². The number of rotatable bonds is 4. The van der Waals surface area contributed by atoms with Gasteiger partial charge >= 0.3 is 12.1 Å². The fourth-order valence-corrected chi connectivity index (χ4v) is 2.08. The number of hydrogen-bond acceptors (Lipinski definition) is 4. The summed E-state index contributed by atoms with van der Waals surface area (Å²) in [6.45, 7) is 2.95. The topological polar surface area (TPSA) is 92.2 Å². The number of nitrogens with one attached hydrogen (secondary N) is 1. The zero-order valence-electron chi connectivity index (χ0n) is 13.3. The number of aromatic carboxylic acids is 1. The average molecular weight is 353 g/mol. The van der Waals surface area contributed by atoms with Crippen LogP contribution < -0.4 is 5.32 Å². The van der Waals surface area contributed by atoms with Gasteiger partial charge in [-0.2, -0.15) is 13.2 Å². The van der Waals surface area contributed by atoms with Gasteiger partial charge in [-0.3, -0.25) is 4.79 Å². The van der Waals surface area contributed by atoms with Crippen LogP contribution in [-0.2, 0) is 6.18 Å². The minimum Gasteiger partial charge on any atom is -0.478 e. The summed E-state index contributed by atoms with van der Waals surface area (Å²) < 4.78 is 38.2. The van der Waals surface area contributed by atoms with Gasteiger partial charge in [-0.25, -0.2) is 14.8 Å². The molecule has 1 aromatic carbocycles. The normalized spacial score (nSPS) is 12.5. The Morgan fingerprint density at radius 3 is 2.28 bits per heavy atom. The SMILES string of the molecule is Cc1cc(C(=O)N[C@H](C)c2ccc(C(=O)O)cc2)nc(C(F)(F)F)n1. The molecule has 0 aliphatic heterocycles. The van der Waals surface area contributed by atoms with Crippen molar-refractivity contribution in [3.8, 4) is 0 Å². The third-order valence-electron chi connectivity index (χ3n) is 3.35. The summed E-state index contributed by atoms with van der Waals surface area (Å²) in [5.74, 6) is -3.25. The summed E-state index contributed by atoms with van der Waals surface area (Å²) in [5, 5.41) is 11.4. The van der Waals surface area contributed by atoms with Crippen LogP contribution in [0.4, 0.5) is 13.2 Å². The van der Waals surface area contributed by atoms with E-state index in [9.17, 15) is 22.8 Å². The molecule has 25 heavy (non-hydrogen) atoms. The number of alkyl halides is 3. The van der Waals surface area contributed by atoms with Crippen molar-refractivity contribution in [1.29, 1.82) is 0 Å². The Labute approximate surface area is 140 Å². The minimum absolute atomic E-state index is 0.0194. The molecule has 1 amide bonds. The molecular formula is C16H14F3N3O3. The fraction of sp³-hybridized carbons (Fsp3) is 0.250. The highest BCUT2D eigenvalue weighted by Gasteiger charge is 2.35. The van der Waals surface area contributed by atoms with E-state index in [-0.39, 0.29) is 11.3 Å². The highest BCUT2D eigenvalue weighted by molar-refractivity contribution is 5.92. The molecule has 0 bridgehead atoms. The molecule has 0 radical (unpaired) electrons. The number of nitrogens with zero attached hydrogens (tertiary/aromatic N) is 2. The summed E-state index contributed by atoms with van der Waals surface area (Å²) in [7, 11) is 0. The van der Waals surface area contributed by atoms with Crippen molar-refractivity contribution in [2.24, 2.45) is 0 Å². The summed E-state index contributed by atoms with van der Waals surface area (Å²) in [6.07, 6.45) is -4.75. The van der Waals surface area contributed by atoms with Crippen molar-refractivity contribution >= 4 is 11.9 Å². The quantitative estimate of drug-likeness (QED) is 0.882. The summed E-state index contributed by atoms with van der Waals surface area (Å²) in [4.78, 5) is 29.5. The monoisotopic (exact) mass is 353 g/mol. The maximum atomic E-state index is 12.7. The third kappa shape index (κ3) is 4.52. The molecule has 2 aromatic rings. The van der Waals surface area contributed by atoms with E-state index in [2.05, 4.69) is 15.3 Å². The number of carboxylic acids is 1. The van der Waals surface area contributed by atoms with Crippen LogP contribution >= 0.6 is 0 Å². The maximum Gasteiger partial charge on any atom is 0.451 e. The predicted octanol–water partition coefficient (Wildman–Crippen LogP) is 2.99.